The molecule has 0 saturated heterocycles. The maximum absolute atomic E-state index is 13.6. The second-order valence-corrected chi connectivity index (χ2v) is 11.3. The molecule has 7 nitrogen and oxygen atoms in total. The Balaban J connectivity index is 1.62. The zero-order chi connectivity index (χ0) is 25.2. The molecule has 2 aromatic rings. The Labute approximate surface area is 197 Å². The average molecular weight is 524 g/mol. The van der Waals surface area contributed by atoms with Gasteiger partial charge in [0.1, 0.15) is 5.75 Å². The van der Waals surface area contributed by atoms with Gasteiger partial charge in [0, 0.05) is 31.0 Å². The molecule has 35 heavy (non-hydrogen) atoms. The number of hydrogen-bond donors (Lipinski definition) is 1. The summed E-state index contributed by atoms with van der Waals surface area (Å²) in [5.41, 5.74) is -4.56. The van der Waals surface area contributed by atoms with E-state index < -0.39 is 46.8 Å². The highest BCUT2D eigenvalue weighted by Crippen LogP contribution is 2.55. The number of imidazole rings is 1. The van der Waals surface area contributed by atoms with Gasteiger partial charge >= 0.3 is 21.9 Å². The van der Waals surface area contributed by atoms with Gasteiger partial charge in [0.2, 0.25) is 0 Å². The molecule has 0 spiro atoms. The molecule has 1 aromatic heterocycles. The molecule has 3 aliphatic carbocycles. The molecule has 3 saturated carbocycles. The standard InChI is InChI=1S/C21H22F6N4O3S/c22-20(23,24)34-16-1-2-18-14(6-16)8-30(35(32,33)21(25,26)27)10-19(17-5-12-3-13(17)4-12)31(18)9-15-7-28-11-29-15/h1-2,6-7,11-13,17,19H,3-5,8-10H2,(H,28,29)/t12?,13?,17?,19-/m0/s1. The molecule has 2 atom stereocenters. The molecule has 1 N–H and O–H groups in total. The van der Waals surface area contributed by atoms with Gasteiger partial charge in [-0.05, 0) is 60.8 Å². The van der Waals surface area contributed by atoms with E-state index in [9.17, 15) is 34.8 Å². The molecule has 0 amide bonds. The molecule has 14 heteroatoms. The normalized spacial score (nSPS) is 27.3. The second kappa shape index (κ2) is 8.29. The predicted octanol–water partition coefficient (Wildman–Crippen LogP) is 4.39. The smallest absolute Gasteiger partial charge is 0.406 e. The first kappa shape index (κ1) is 24.2. The number of aromatic amines is 1. The van der Waals surface area contributed by atoms with Crippen molar-refractivity contribution in [3.05, 3.63) is 42.0 Å². The zero-order valence-electron chi connectivity index (χ0n) is 18.2. The Hall–Kier alpha value is -2.48. The summed E-state index contributed by atoms with van der Waals surface area (Å²) >= 11 is 0. The summed E-state index contributed by atoms with van der Waals surface area (Å²) in [5, 5.41) is 0. The van der Waals surface area contributed by atoms with Crippen LogP contribution in [0.15, 0.2) is 30.7 Å². The number of sulfonamides is 1. The minimum atomic E-state index is -5.74. The van der Waals surface area contributed by atoms with Gasteiger partial charge in [-0.25, -0.2) is 13.4 Å². The molecule has 4 aliphatic rings. The lowest BCUT2D eigenvalue weighted by atomic mass is 9.80. The van der Waals surface area contributed by atoms with Crippen LogP contribution in [0.1, 0.15) is 30.5 Å². The summed E-state index contributed by atoms with van der Waals surface area (Å²) in [5.74, 6) is 0.0330. The molecule has 2 bridgehead atoms. The minimum Gasteiger partial charge on any atom is -0.406 e. The zero-order valence-corrected chi connectivity index (χ0v) is 19.0. The third kappa shape index (κ3) is 4.57. The van der Waals surface area contributed by atoms with Crippen molar-refractivity contribution in [2.45, 2.75) is 50.3 Å². The van der Waals surface area contributed by atoms with E-state index in [4.69, 9.17) is 0 Å². The van der Waals surface area contributed by atoms with Crippen LogP contribution in [0.5, 0.6) is 5.75 Å². The Bertz CT molecular complexity index is 1180. The number of nitrogens with one attached hydrogen (secondary N) is 1. The Morgan fingerprint density at radius 3 is 2.43 bits per heavy atom. The lowest BCUT2D eigenvalue weighted by Gasteiger charge is -2.39. The molecule has 1 aromatic carbocycles. The molecule has 0 radical (unpaired) electrons. The van der Waals surface area contributed by atoms with Crippen molar-refractivity contribution in [1.82, 2.24) is 14.3 Å². The van der Waals surface area contributed by atoms with Gasteiger partial charge in [-0.3, -0.25) is 0 Å². The van der Waals surface area contributed by atoms with E-state index in [0.717, 1.165) is 31.4 Å². The fraction of sp³-hybridized carbons (Fsp3) is 0.571. The average Bonchev–Trinajstić information content (AvgIpc) is 3.43. The third-order valence-corrected chi connectivity index (χ3v) is 8.78. The summed E-state index contributed by atoms with van der Waals surface area (Å²) in [6, 6.07) is 2.79. The summed E-state index contributed by atoms with van der Waals surface area (Å²) in [4.78, 5) is 8.71. The van der Waals surface area contributed by atoms with E-state index in [2.05, 4.69) is 14.7 Å². The van der Waals surface area contributed by atoms with Gasteiger partial charge in [-0.1, -0.05) is 0 Å². The number of nitrogens with zero attached hydrogens (tertiary/aromatic N) is 3. The van der Waals surface area contributed by atoms with Crippen molar-refractivity contribution in [3.8, 4) is 5.75 Å². The van der Waals surface area contributed by atoms with Gasteiger partial charge in [-0.2, -0.15) is 17.5 Å². The van der Waals surface area contributed by atoms with Crippen molar-refractivity contribution in [2.75, 3.05) is 11.4 Å². The van der Waals surface area contributed by atoms with Gasteiger partial charge in [0.05, 0.1) is 18.6 Å². The monoisotopic (exact) mass is 524 g/mol. The third-order valence-electron chi connectivity index (χ3n) is 7.24. The fourth-order valence-electron chi connectivity index (χ4n) is 5.74. The van der Waals surface area contributed by atoms with E-state index >= 15 is 0 Å². The molecule has 3 fully saturated rings. The Morgan fingerprint density at radius 2 is 1.86 bits per heavy atom. The van der Waals surface area contributed by atoms with Crippen molar-refractivity contribution in [2.24, 2.45) is 17.8 Å². The fourth-order valence-corrected chi connectivity index (χ4v) is 6.69. The second-order valence-electron chi connectivity index (χ2n) is 9.35. The first-order valence-corrected chi connectivity index (χ1v) is 12.4. The van der Waals surface area contributed by atoms with Crippen molar-refractivity contribution in [1.29, 1.82) is 0 Å². The highest BCUT2D eigenvalue weighted by Gasteiger charge is 2.54. The van der Waals surface area contributed by atoms with E-state index in [1.165, 1.54) is 12.4 Å². The predicted molar refractivity (Wildman–Crippen MR) is 111 cm³/mol. The number of benzene rings is 1. The molecule has 2 heterocycles. The van der Waals surface area contributed by atoms with Crippen molar-refractivity contribution in [3.63, 3.8) is 0 Å². The lowest BCUT2D eigenvalue weighted by Crippen LogP contribution is -2.50. The molecular weight excluding hydrogens is 502 g/mol. The molecule has 6 rings (SSSR count). The van der Waals surface area contributed by atoms with Crippen LogP contribution in [0.4, 0.5) is 32.0 Å². The van der Waals surface area contributed by atoms with E-state index in [-0.39, 0.29) is 23.9 Å². The minimum absolute atomic E-state index is 0.00747. The molecular formula is C21H22F6N4O3S. The largest absolute Gasteiger partial charge is 0.573 e. The van der Waals surface area contributed by atoms with E-state index in [1.807, 2.05) is 0 Å². The molecule has 1 aliphatic heterocycles. The Kier molecular flexibility index (Phi) is 5.74. The van der Waals surface area contributed by atoms with Crippen LogP contribution in [-0.2, 0) is 23.1 Å². The van der Waals surface area contributed by atoms with Crippen LogP contribution in [0.3, 0.4) is 0 Å². The lowest BCUT2D eigenvalue weighted by molar-refractivity contribution is -0.274. The van der Waals surface area contributed by atoms with E-state index in [0.29, 0.717) is 21.6 Å². The molecule has 1 unspecified atom stereocenters. The summed E-state index contributed by atoms with van der Waals surface area (Å²) in [6.45, 7) is -0.998. The number of alkyl halides is 6. The number of aromatic nitrogens is 2. The number of ether oxygens (including phenoxy) is 1. The number of hydrogen-bond acceptors (Lipinski definition) is 5. The number of anilines is 1. The number of fused-ring (bicyclic) bond motifs is 2. The highest BCUT2D eigenvalue weighted by molar-refractivity contribution is 7.89. The van der Waals surface area contributed by atoms with Crippen LogP contribution < -0.4 is 9.64 Å². The number of H-pyrrole nitrogens is 1. The topological polar surface area (TPSA) is 78.5 Å². The SMILES string of the molecule is O=S(=O)(N1Cc2cc(OC(F)(F)F)ccc2N(Cc2cnc[nH]2)[C@H](C2CC3CC2C3)C1)C(F)(F)F. The maximum Gasteiger partial charge on any atom is 0.573 e. The number of rotatable bonds is 5. The van der Waals surface area contributed by atoms with E-state index in [1.54, 1.807) is 11.1 Å². The van der Waals surface area contributed by atoms with Crippen LogP contribution in [-0.4, -0.2) is 47.1 Å². The van der Waals surface area contributed by atoms with Crippen LogP contribution in [0, 0.1) is 17.8 Å². The van der Waals surface area contributed by atoms with Gasteiger partial charge in [-0.15, -0.1) is 13.2 Å². The van der Waals surface area contributed by atoms with Crippen LogP contribution in [0.2, 0.25) is 0 Å². The first-order chi connectivity index (χ1) is 16.3. The quantitative estimate of drug-likeness (QED) is 0.587. The van der Waals surface area contributed by atoms with Gasteiger partial charge < -0.3 is 14.6 Å². The highest BCUT2D eigenvalue weighted by atomic mass is 32.2. The van der Waals surface area contributed by atoms with Gasteiger partial charge in [0.25, 0.3) is 0 Å². The van der Waals surface area contributed by atoms with Crippen LogP contribution in [0.25, 0.3) is 0 Å². The van der Waals surface area contributed by atoms with Crippen molar-refractivity contribution >= 4 is 15.7 Å². The van der Waals surface area contributed by atoms with Crippen molar-refractivity contribution < 1.29 is 39.5 Å². The maximum atomic E-state index is 13.6. The summed E-state index contributed by atoms with van der Waals surface area (Å²) in [7, 11) is -5.74. The summed E-state index contributed by atoms with van der Waals surface area (Å²) < 4.78 is 109. The van der Waals surface area contributed by atoms with Crippen LogP contribution >= 0.6 is 0 Å². The Morgan fingerprint density at radius 1 is 1.11 bits per heavy atom. The first-order valence-electron chi connectivity index (χ1n) is 11.0. The molecule has 192 valence electrons. The number of halogens is 6. The van der Waals surface area contributed by atoms with Gasteiger partial charge in [0.15, 0.2) is 0 Å². The summed E-state index contributed by atoms with van der Waals surface area (Å²) in [6.07, 6.45) is 0.614.